The van der Waals surface area contributed by atoms with Gasteiger partial charge < -0.3 is 10.4 Å². The number of carbonyl (C=O) groups is 2. The second-order valence-corrected chi connectivity index (χ2v) is 8.83. The van der Waals surface area contributed by atoms with Crippen LogP contribution >= 0.6 is 0 Å². The van der Waals surface area contributed by atoms with Crippen LogP contribution < -0.4 is 10.6 Å². The van der Waals surface area contributed by atoms with Crippen LogP contribution in [-0.2, 0) is 11.3 Å². The zero-order valence-corrected chi connectivity index (χ0v) is 18.9. The van der Waals surface area contributed by atoms with Crippen LogP contribution in [0.5, 0.6) is 5.75 Å². The van der Waals surface area contributed by atoms with Crippen LogP contribution in [-0.4, -0.2) is 34.9 Å². The summed E-state index contributed by atoms with van der Waals surface area (Å²) in [6.45, 7) is 3.27. The van der Waals surface area contributed by atoms with E-state index in [1.165, 1.54) is 24.8 Å². The van der Waals surface area contributed by atoms with Crippen molar-refractivity contribution in [3.05, 3.63) is 89.6 Å². The molecule has 3 aromatic carbocycles. The fourth-order valence-corrected chi connectivity index (χ4v) is 4.57. The Balaban J connectivity index is 1.38. The molecule has 2 aliphatic heterocycles. The summed E-state index contributed by atoms with van der Waals surface area (Å²) in [7, 11) is 0. The maximum Gasteiger partial charge on any atom is 0.260 e. The Bertz CT molecular complexity index is 1260. The summed E-state index contributed by atoms with van der Waals surface area (Å²) >= 11 is 0. The van der Waals surface area contributed by atoms with Gasteiger partial charge in [0.2, 0.25) is 0 Å². The van der Waals surface area contributed by atoms with E-state index in [2.05, 4.69) is 27.7 Å². The van der Waals surface area contributed by atoms with Crippen LogP contribution in [0.15, 0.2) is 72.9 Å². The number of aromatic hydroxyl groups is 1. The first-order chi connectivity index (χ1) is 16.6. The molecule has 1 fully saturated rings. The van der Waals surface area contributed by atoms with Crippen LogP contribution in [0, 0.1) is 0 Å². The first-order valence-electron chi connectivity index (χ1n) is 11.6. The maximum absolute atomic E-state index is 12.7. The quantitative estimate of drug-likeness (QED) is 0.383. The fraction of sp³-hybridized carbons (Fsp3) is 0.214. The lowest BCUT2D eigenvalue weighted by Crippen LogP contribution is -2.36. The molecule has 172 valence electrons. The summed E-state index contributed by atoms with van der Waals surface area (Å²) in [5.74, 6) is -0.702. The van der Waals surface area contributed by atoms with Crippen molar-refractivity contribution in [3.63, 3.8) is 0 Å². The van der Waals surface area contributed by atoms with Crippen LogP contribution in [0.4, 0.5) is 5.69 Å². The second-order valence-electron chi connectivity index (χ2n) is 8.83. The van der Waals surface area contributed by atoms with Crippen molar-refractivity contribution in [2.75, 3.05) is 18.4 Å². The molecular weight excluding hydrogens is 426 g/mol. The fourth-order valence-electron chi connectivity index (χ4n) is 4.57. The van der Waals surface area contributed by atoms with Gasteiger partial charge in [0.25, 0.3) is 11.8 Å². The molecule has 1 saturated heterocycles. The number of fused-ring (bicyclic) bond motifs is 1. The van der Waals surface area contributed by atoms with E-state index in [-0.39, 0.29) is 5.75 Å². The number of nitrogens with zero attached hydrogens (tertiary/aromatic N) is 1. The second kappa shape index (κ2) is 9.53. The molecule has 6 nitrogen and oxygen atoms in total. The summed E-state index contributed by atoms with van der Waals surface area (Å²) in [5, 5.41) is 15.5. The summed E-state index contributed by atoms with van der Waals surface area (Å²) < 4.78 is 0. The highest BCUT2D eigenvalue weighted by Crippen LogP contribution is 2.31. The van der Waals surface area contributed by atoms with Crippen molar-refractivity contribution in [3.8, 4) is 16.9 Å². The Kier molecular flexibility index (Phi) is 6.14. The molecule has 0 unspecified atom stereocenters. The zero-order valence-electron chi connectivity index (χ0n) is 18.9. The SMILES string of the molecule is O=C1NC(=O)c2ccc(-c3cccc(O)c3)cc2/C1=C/Nc1ccc(CN2CCCCC2)cc1. The van der Waals surface area contributed by atoms with Crippen molar-refractivity contribution < 1.29 is 14.7 Å². The van der Waals surface area contributed by atoms with Crippen LogP contribution in [0.3, 0.4) is 0 Å². The average molecular weight is 454 g/mol. The number of carbonyl (C=O) groups excluding carboxylic acids is 2. The van der Waals surface area contributed by atoms with Gasteiger partial charge in [-0.2, -0.15) is 0 Å². The Morgan fingerprint density at radius 2 is 1.62 bits per heavy atom. The van der Waals surface area contributed by atoms with Gasteiger partial charge in [-0.05, 0) is 79.0 Å². The van der Waals surface area contributed by atoms with Gasteiger partial charge in [-0.15, -0.1) is 0 Å². The van der Waals surface area contributed by atoms with E-state index in [1.807, 2.05) is 30.3 Å². The van der Waals surface area contributed by atoms with Crippen molar-refractivity contribution >= 4 is 23.1 Å². The first-order valence-corrected chi connectivity index (χ1v) is 11.6. The van der Waals surface area contributed by atoms with Crippen molar-refractivity contribution in [1.29, 1.82) is 0 Å². The van der Waals surface area contributed by atoms with Crippen LogP contribution in [0.1, 0.15) is 40.7 Å². The number of imide groups is 1. The van der Waals surface area contributed by atoms with Crippen LogP contribution in [0.25, 0.3) is 16.7 Å². The molecule has 0 aliphatic carbocycles. The van der Waals surface area contributed by atoms with Crippen molar-refractivity contribution in [2.45, 2.75) is 25.8 Å². The van der Waals surface area contributed by atoms with Gasteiger partial charge in [-0.1, -0.05) is 36.8 Å². The predicted octanol–water partition coefficient (Wildman–Crippen LogP) is 4.77. The van der Waals surface area contributed by atoms with Gasteiger partial charge >= 0.3 is 0 Å². The van der Waals surface area contributed by atoms with Gasteiger partial charge in [-0.3, -0.25) is 19.8 Å². The van der Waals surface area contributed by atoms with Crippen molar-refractivity contribution in [1.82, 2.24) is 10.2 Å². The molecule has 0 spiro atoms. The third-order valence-electron chi connectivity index (χ3n) is 6.40. The van der Waals surface area contributed by atoms with Crippen molar-refractivity contribution in [2.24, 2.45) is 0 Å². The number of amides is 2. The third-order valence-corrected chi connectivity index (χ3v) is 6.40. The Morgan fingerprint density at radius 3 is 2.38 bits per heavy atom. The molecule has 3 aromatic rings. The molecule has 5 rings (SSSR count). The van der Waals surface area contributed by atoms with E-state index in [9.17, 15) is 14.7 Å². The lowest BCUT2D eigenvalue weighted by molar-refractivity contribution is -0.114. The number of benzene rings is 3. The van der Waals surface area contributed by atoms with Gasteiger partial charge in [0.15, 0.2) is 0 Å². The Hall–Kier alpha value is -3.90. The molecule has 2 aliphatic rings. The largest absolute Gasteiger partial charge is 0.508 e. The van der Waals surface area contributed by atoms with Crippen LogP contribution in [0.2, 0.25) is 0 Å². The number of rotatable bonds is 5. The number of likely N-dealkylation sites (tertiary alicyclic amines) is 1. The smallest absolute Gasteiger partial charge is 0.260 e. The predicted molar refractivity (Wildman–Crippen MR) is 133 cm³/mol. The highest BCUT2D eigenvalue weighted by Gasteiger charge is 2.27. The minimum atomic E-state index is -0.445. The minimum Gasteiger partial charge on any atom is -0.508 e. The van der Waals surface area contributed by atoms with Gasteiger partial charge in [0.1, 0.15) is 5.75 Å². The molecular formula is C28H27N3O3. The van der Waals surface area contributed by atoms with Gasteiger partial charge in [0, 0.05) is 29.6 Å². The number of piperidine rings is 1. The number of hydrogen-bond donors (Lipinski definition) is 3. The molecule has 6 heteroatoms. The number of anilines is 1. The zero-order chi connectivity index (χ0) is 23.5. The third kappa shape index (κ3) is 4.72. The number of nitrogens with one attached hydrogen (secondary N) is 2. The summed E-state index contributed by atoms with van der Waals surface area (Å²) in [5.41, 5.74) is 5.13. The molecule has 0 radical (unpaired) electrons. The monoisotopic (exact) mass is 453 g/mol. The Morgan fingerprint density at radius 1 is 0.853 bits per heavy atom. The molecule has 2 heterocycles. The minimum absolute atomic E-state index is 0.158. The topological polar surface area (TPSA) is 81.7 Å². The lowest BCUT2D eigenvalue weighted by Gasteiger charge is -2.26. The molecule has 34 heavy (non-hydrogen) atoms. The Labute approximate surface area is 198 Å². The number of hydrogen-bond acceptors (Lipinski definition) is 5. The normalized spacial score (nSPS) is 17.4. The molecule has 2 amide bonds. The van der Waals surface area contributed by atoms with E-state index in [0.717, 1.165) is 36.4 Å². The maximum atomic E-state index is 12.7. The summed E-state index contributed by atoms with van der Waals surface area (Å²) in [6, 6.07) is 20.4. The van der Waals surface area contributed by atoms with E-state index >= 15 is 0 Å². The molecule has 0 saturated carbocycles. The summed E-state index contributed by atoms with van der Waals surface area (Å²) in [4.78, 5) is 27.6. The number of phenols is 1. The highest BCUT2D eigenvalue weighted by atomic mass is 16.3. The van der Waals surface area contributed by atoms with Gasteiger partial charge in [-0.25, -0.2) is 0 Å². The van der Waals surface area contributed by atoms with Gasteiger partial charge in [0.05, 0.1) is 5.57 Å². The lowest BCUT2D eigenvalue weighted by atomic mass is 9.91. The molecule has 3 N–H and O–H groups in total. The summed E-state index contributed by atoms with van der Waals surface area (Å²) in [6.07, 6.45) is 5.51. The molecule has 0 atom stereocenters. The van der Waals surface area contributed by atoms with E-state index in [4.69, 9.17) is 0 Å². The van der Waals surface area contributed by atoms with E-state index < -0.39 is 11.8 Å². The molecule has 0 aromatic heterocycles. The first kappa shape index (κ1) is 21.9. The highest BCUT2D eigenvalue weighted by molar-refractivity contribution is 6.31. The average Bonchev–Trinajstić information content (AvgIpc) is 2.85. The van der Waals surface area contributed by atoms with E-state index in [0.29, 0.717) is 16.7 Å². The number of phenolic OH excluding ortho intramolecular Hbond substituents is 1. The molecule has 0 bridgehead atoms. The van der Waals surface area contributed by atoms with E-state index in [1.54, 1.807) is 30.5 Å². The standard InChI is InChI=1S/C28H27N3O3/c32-23-6-4-5-20(15-23)21-9-12-24-25(16-21)26(28(34)30-27(24)33)17-29-22-10-7-19(8-11-22)18-31-13-2-1-3-14-31/h4-12,15-17,29,32H,1-3,13-14,18H2,(H,30,33,34)/b26-17-.